The number of amides is 1. The van der Waals surface area contributed by atoms with Crippen molar-refractivity contribution in [3.8, 4) is 0 Å². The van der Waals surface area contributed by atoms with E-state index in [0.717, 1.165) is 31.9 Å². The number of nitrogens with one attached hydrogen (secondary N) is 1. The second-order valence-electron chi connectivity index (χ2n) is 8.30. The van der Waals surface area contributed by atoms with Crippen LogP contribution in [0.1, 0.15) is 56.7 Å². The SMILES string of the molecule is C/C(=N/O)c1cnc(NC(=O)C(c2ccc(S(C)(=O)=O)c(Cl)c2)C(C)C2CCCC2)cn1. The Morgan fingerprint density at radius 1 is 1.25 bits per heavy atom. The summed E-state index contributed by atoms with van der Waals surface area (Å²) in [7, 11) is -3.47. The molecule has 10 heteroatoms. The second kappa shape index (κ2) is 9.95. The van der Waals surface area contributed by atoms with E-state index in [4.69, 9.17) is 16.8 Å². The Kier molecular flexibility index (Phi) is 7.51. The molecule has 1 saturated carbocycles. The maximum Gasteiger partial charge on any atom is 0.233 e. The Balaban J connectivity index is 1.92. The number of halogens is 1. The number of sulfone groups is 1. The minimum atomic E-state index is -3.47. The number of anilines is 1. The zero-order valence-electron chi connectivity index (χ0n) is 18.2. The van der Waals surface area contributed by atoms with E-state index < -0.39 is 15.8 Å². The number of carbonyl (C=O) groups is 1. The van der Waals surface area contributed by atoms with Gasteiger partial charge in [-0.2, -0.15) is 0 Å². The van der Waals surface area contributed by atoms with Crippen LogP contribution >= 0.6 is 11.6 Å². The predicted molar refractivity (Wildman–Crippen MR) is 123 cm³/mol. The molecule has 0 radical (unpaired) electrons. The lowest BCUT2D eigenvalue weighted by Crippen LogP contribution is -2.30. The highest BCUT2D eigenvalue weighted by atomic mass is 35.5. The fourth-order valence-corrected chi connectivity index (χ4v) is 5.63. The van der Waals surface area contributed by atoms with E-state index in [1.807, 2.05) is 0 Å². The molecule has 1 aromatic carbocycles. The van der Waals surface area contributed by atoms with Gasteiger partial charge in [0.05, 0.1) is 28.2 Å². The van der Waals surface area contributed by atoms with Crippen LogP contribution < -0.4 is 5.32 Å². The molecule has 3 rings (SSSR count). The van der Waals surface area contributed by atoms with E-state index in [1.165, 1.54) is 18.5 Å². The van der Waals surface area contributed by atoms with Crippen molar-refractivity contribution < 1.29 is 18.4 Å². The van der Waals surface area contributed by atoms with Gasteiger partial charge in [0.15, 0.2) is 15.7 Å². The molecule has 2 atom stereocenters. The fourth-order valence-electron chi connectivity index (χ4n) is 4.29. The van der Waals surface area contributed by atoms with Crippen LogP contribution in [-0.4, -0.2) is 41.5 Å². The summed E-state index contributed by atoms with van der Waals surface area (Å²) in [6.07, 6.45) is 8.29. The lowest BCUT2D eigenvalue weighted by Gasteiger charge is -2.28. The summed E-state index contributed by atoms with van der Waals surface area (Å²) in [6.45, 7) is 3.64. The van der Waals surface area contributed by atoms with Crippen molar-refractivity contribution in [2.75, 3.05) is 11.6 Å². The van der Waals surface area contributed by atoms with Crippen molar-refractivity contribution in [2.24, 2.45) is 17.0 Å². The Morgan fingerprint density at radius 2 is 1.94 bits per heavy atom. The molecule has 1 heterocycles. The van der Waals surface area contributed by atoms with Gasteiger partial charge in [-0.15, -0.1) is 0 Å². The lowest BCUT2D eigenvalue weighted by atomic mass is 9.77. The summed E-state index contributed by atoms with van der Waals surface area (Å²) >= 11 is 6.28. The van der Waals surface area contributed by atoms with Gasteiger partial charge in [0.1, 0.15) is 11.4 Å². The van der Waals surface area contributed by atoms with Crippen LogP contribution in [0.15, 0.2) is 40.6 Å². The highest BCUT2D eigenvalue weighted by Gasteiger charge is 2.34. The molecule has 1 fully saturated rings. The van der Waals surface area contributed by atoms with E-state index in [1.54, 1.807) is 19.1 Å². The largest absolute Gasteiger partial charge is 0.411 e. The van der Waals surface area contributed by atoms with Gasteiger partial charge >= 0.3 is 0 Å². The predicted octanol–water partition coefficient (Wildman–Crippen LogP) is 4.28. The monoisotopic (exact) mass is 478 g/mol. The molecule has 32 heavy (non-hydrogen) atoms. The number of oxime groups is 1. The highest BCUT2D eigenvalue weighted by Crippen LogP contribution is 2.40. The van der Waals surface area contributed by atoms with Crippen LogP contribution in [0.25, 0.3) is 0 Å². The zero-order valence-corrected chi connectivity index (χ0v) is 19.8. The summed E-state index contributed by atoms with van der Waals surface area (Å²) in [5, 5.41) is 14.9. The first-order chi connectivity index (χ1) is 15.1. The number of hydrogen-bond acceptors (Lipinski definition) is 7. The van der Waals surface area contributed by atoms with Crippen molar-refractivity contribution >= 4 is 38.9 Å². The van der Waals surface area contributed by atoms with Gasteiger partial charge in [-0.05, 0) is 36.5 Å². The summed E-state index contributed by atoms with van der Waals surface area (Å²) in [6, 6.07) is 4.69. The normalized spacial score (nSPS) is 17.2. The van der Waals surface area contributed by atoms with Gasteiger partial charge in [-0.25, -0.2) is 18.4 Å². The van der Waals surface area contributed by atoms with Crippen molar-refractivity contribution in [3.63, 3.8) is 0 Å². The molecule has 1 aliphatic carbocycles. The van der Waals surface area contributed by atoms with Crippen LogP contribution in [0.3, 0.4) is 0 Å². The number of rotatable bonds is 7. The van der Waals surface area contributed by atoms with Crippen LogP contribution in [0.4, 0.5) is 5.82 Å². The molecule has 2 N–H and O–H groups in total. The molecular weight excluding hydrogens is 452 g/mol. The van der Waals surface area contributed by atoms with Crippen LogP contribution in [-0.2, 0) is 14.6 Å². The molecular formula is C22H27ClN4O4S. The van der Waals surface area contributed by atoms with Gasteiger partial charge in [0.25, 0.3) is 0 Å². The third-order valence-corrected chi connectivity index (χ3v) is 7.67. The summed E-state index contributed by atoms with van der Waals surface area (Å²) in [4.78, 5) is 21.8. The number of benzene rings is 1. The minimum Gasteiger partial charge on any atom is -0.411 e. The van der Waals surface area contributed by atoms with E-state index in [9.17, 15) is 13.2 Å². The molecule has 1 aliphatic rings. The molecule has 0 aliphatic heterocycles. The Morgan fingerprint density at radius 3 is 2.47 bits per heavy atom. The van der Waals surface area contributed by atoms with Gasteiger partial charge in [-0.3, -0.25) is 4.79 Å². The summed E-state index contributed by atoms with van der Waals surface area (Å²) < 4.78 is 23.9. The standard InChI is InChI=1S/C22H27ClN4O4S/c1-13(15-6-4-5-7-15)21(16-8-9-19(17(23)10-16)32(3,30)31)22(28)26-20-12-24-18(11-25-20)14(2)27-29/h8-13,15,21,29H,4-7H2,1-3H3,(H,25,26,28)/b27-14-. The van der Waals surface area contributed by atoms with Crippen molar-refractivity contribution in [1.82, 2.24) is 9.97 Å². The smallest absolute Gasteiger partial charge is 0.233 e. The van der Waals surface area contributed by atoms with Crippen molar-refractivity contribution in [3.05, 3.63) is 46.9 Å². The minimum absolute atomic E-state index is 0.0219. The second-order valence-corrected chi connectivity index (χ2v) is 10.7. The molecule has 1 amide bonds. The maximum atomic E-state index is 13.4. The first kappa shape index (κ1) is 24.1. The number of hydrogen-bond donors (Lipinski definition) is 2. The topological polar surface area (TPSA) is 122 Å². The third-order valence-electron chi connectivity index (χ3n) is 6.09. The van der Waals surface area contributed by atoms with E-state index >= 15 is 0 Å². The Bertz CT molecular complexity index is 1110. The van der Waals surface area contributed by atoms with E-state index in [0.29, 0.717) is 22.9 Å². The summed E-state index contributed by atoms with van der Waals surface area (Å²) in [5.74, 6) is -0.120. The highest BCUT2D eigenvalue weighted by molar-refractivity contribution is 7.90. The quantitative estimate of drug-likeness (QED) is 0.348. The van der Waals surface area contributed by atoms with E-state index in [2.05, 4.69) is 27.4 Å². The molecule has 0 bridgehead atoms. The fraction of sp³-hybridized carbons (Fsp3) is 0.455. The Labute approximate surface area is 193 Å². The number of carbonyl (C=O) groups excluding carboxylic acids is 1. The summed E-state index contributed by atoms with van der Waals surface area (Å²) in [5.41, 5.74) is 1.36. The van der Waals surface area contributed by atoms with Gasteiger partial charge in [0, 0.05) is 6.26 Å². The van der Waals surface area contributed by atoms with Gasteiger partial charge in [0.2, 0.25) is 5.91 Å². The molecule has 2 unspecified atom stereocenters. The first-order valence-corrected chi connectivity index (χ1v) is 12.7. The number of nitrogens with zero attached hydrogens (tertiary/aromatic N) is 3. The van der Waals surface area contributed by atoms with Gasteiger partial charge < -0.3 is 10.5 Å². The molecule has 2 aromatic rings. The molecule has 172 valence electrons. The molecule has 8 nitrogen and oxygen atoms in total. The van der Waals surface area contributed by atoms with Crippen molar-refractivity contribution in [1.29, 1.82) is 0 Å². The third kappa shape index (κ3) is 5.45. The van der Waals surface area contributed by atoms with Crippen LogP contribution in [0.5, 0.6) is 0 Å². The lowest BCUT2D eigenvalue weighted by molar-refractivity contribution is -0.119. The maximum absolute atomic E-state index is 13.4. The first-order valence-electron chi connectivity index (χ1n) is 10.4. The Hall–Kier alpha value is -2.52. The molecule has 0 spiro atoms. The average Bonchev–Trinajstić information content (AvgIpc) is 3.28. The molecule has 0 saturated heterocycles. The van der Waals surface area contributed by atoms with Crippen molar-refractivity contribution in [2.45, 2.75) is 50.3 Å². The zero-order chi connectivity index (χ0) is 23.5. The van der Waals surface area contributed by atoms with E-state index in [-0.39, 0.29) is 27.6 Å². The number of aromatic nitrogens is 2. The van der Waals surface area contributed by atoms with Gasteiger partial charge in [-0.1, -0.05) is 55.4 Å². The van der Waals surface area contributed by atoms with Crippen LogP contribution in [0.2, 0.25) is 5.02 Å². The molecule has 1 aromatic heterocycles. The average molecular weight is 479 g/mol. The van der Waals surface area contributed by atoms with Crippen LogP contribution in [0, 0.1) is 11.8 Å².